The minimum atomic E-state index is -0.420. The molecule has 0 saturated carbocycles. The standard InChI is InChI=1S/C13H15NO2/c15-12-8-11(9-14-13(12)16)7-6-10-4-2-1-3-5-10/h1-5,11H,6-9H2,(H,14,16). The summed E-state index contributed by atoms with van der Waals surface area (Å²) < 4.78 is 0. The van der Waals surface area contributed by atoms with Gasteiger partial charge in [-0.3, -0.25) is 9.59 Å². The summed E-state index contributed by atoms with van der Waals surface area (Å²) in [5.74, 6) is -0.398. The Labute approximate surface area is 94.9 Å². The van der Waals surface area contributed by atoms with E-state index in [2.05, 4.69) is 17.4 Å². The third-order valence-corrected chi connectivity index (χ3v) is 2.96. The molecule has 0 radical (unpaired) electrons. The van der Waals surface area contributed by atoms with E-state index < -0.39 is 5.91 Å². The van der Waals surface area contributed by atoms with Gasteiger partial charge in [-0.1, -0.05) is 30.3 Å². The number of piperidine rings is 1. The molecule has 1 amide bonds. The Hall–Kier alpha value is -1.64. The van der Waals surface area contributed by atoms with Gasteiger partial charge in [-0.15, -0.1) is 0 Å². The predicted molar refractivity (Wildman–Crippen MR) is 60.9 cm³/mol. The molecule has 1 heterocycles. The molecule has 1 aromatic carbocycles. The molecule has 16 heavy (non-hydrogen) atoms. The molecule has 1 aliphatic rings. The third-order valence-electron chi connectivity index (χ3n) is 2.96. The highest BCUT2D eigenvalue weighted by molar-refractivity contribution is 6.36. The van der Waals surface area contributed by atoms with Gasteiger partial charge in [0.25, 0.3) is 5.91 Å². The molecule has 0 aliphatic carbocycles. The van der Waals surface area contributed by atoms with E-state index in [9.17, 15) is 9.59 Å². The fourth-order valence-corrected chi connectivity index (χ4v) is 1.98. The molecular formula is C13H15NO2. The van der Waals surface area contributed by atoms with Crippen LogP contribution in [0.2, 0.25) is 0 Å². The van der Waals surface area contributed by atoms with Gasteiger partial charge in [-0.2, -0.15) is 0 Å². The third kappa shape index (κ3) is 2.69. The fourth-order valence-electron chi connectivity index (χ4n) is 1.98. The van der Waals surface area contributed by atoms with Crippen LogP contribution in [-0.2, 0) is 16.0 Å². The number of nitrogens with one attached hydrogen (secondary N) is 1. The number of hydrogen-bond donors (Lipinski definition) is 1. The number of ketones is 1. The molecule has 84 valence electrons. The second-order valence-corrected chi connectivity index (χ2v) is 4.23. The van der Waals surface area contributed by atoms with Crippen LogP contribution in [0, 0.1) is 5.92 Å². The fraction of sp³-hybridized carbons (Fsp3) is 0.385. The van der Waals surface area contributed by atoms with Gasteiger partial charge in [0.15, 0.2) is 0 Å². The van der Waals surface area contributed by atoms with Crippen molar-refractivity contribution in [2.45, 2.75) is 19.3 Å². The number of hydrogen-bond acceptors (Lipinski definition) is 2. The highest BCUT2D eigenvalue weighted by atomic mass is 16.2. The van der Waals surface area contributed by atoms with E-state index in [-0.39, 0.29) is 5.78 Å². The molecule has 0 spiro atoms. The maximum Gasteiger partial charge on any atom is 0.287 e. The SMILES string of the molecule is O=C1CC(CCc2ccccc2)CNC1=O. The number of amides is 1. The van der Waals surface area contributed by atoms with Crippen molar-refractivity contribution in [2.24, 2.45) is 5.92 Å². The molecule has 1 aromatic rings. The summed E-state index contributed by atoms with van der Waals surface area (Å²) in [6, 6.07) is 10.2. The van der Waals surface area contributed by atoms with Gasteiger partial charge in [-0.25, -0.2) is 0 Å². The van der Waals surface area contributed by atoms with E-state index in [0.717, 1.165) is 12.8 Å². The van der Waals surface area contributed by atoms with Crippen LogP contribution in [0.4, 0.5) is 0 Å². The second kappa shape index (κ2) is 4.92. The highest BCUT2D eigenvalue weighted by Crippen LogP contribution is 2.15. The molecule has 1 aliphatic heterocycles. The Balaban J connectivity index is 1.83. The Kier molecular flexibility index (Phi) is 3.34. The maximum atomic E-state index is 11.2. The Morgan fingerprint density at radius 2 is 1.94 bits per heavy atom. The summed E-state index contributed by atoms with van der Waals surface area (Å²) in [5.41, 5.74) is 1.28. The molecule has 3 nitrogen and oxygen atoms in total. The molecule has 1 N–H and O–H groups in total. The zero-order valence-electron chi connectivity index (χ0n) is 9.11. The van der Waals surface area contributed by atoms with Crippen molar-refractivity contribution < 1.29 is 9.59 Å². The monoisotopic (exact) mass is 217 g/mol. The lowest BCUT2D eigenvalue weighted by atomic mass is 9.92. The van der Waals surface area contributed by atoms with Crippen molar-refractivity contribution in [3.05, 3.63) is 35.9 Å². The predicted octanol–water partition coefficient (Wildman–Crippen LogP) is 1.32. The van der Waals surface area contributed by atoms with Gasteiger partial charge in [0.2, 0.25) is 5.78 Å². The van der Waals surface area contributed by atoms with Gasteiger partial charge >= 0.3 is 0 Å². The van der Waals surface area contributed by atoms with E-state index in [1.165, 1.54) is 5.56 Å². The lowest BCUT2D eigenvalue weighted by Gasteiger charge is -2.21. The first kappa shape index (κ1) is 10.9. The van der Waals surface area contributed by atoms with E-state index in [0.29, 0.717) is 18.9 Å². The van der Waals surface area contributed by atoms with Crippen molar-refractivity contribution >= 4 is 11.7 Å². The van der Waals surface area contributed by atoms with Gasteiger partial charge in [-0.05, 0) is 24.3 Å². The number of aryl methyl sites for hydroxylation is 1. The summed E-state index contributed by atoms with van der Waals surface area (Å²) >= 11 is 0. The molecule has 1 atom stereocenters. The van der Waals surface area contributed by atoms with Crippen molar-refractivity contribution in [3.8, 4) is 0 Å². The smallest absolute Gasteiger partial charge is 0.287 e. The minimum absolute atomic E-state index is 0.274. The van der Waals surface area contributed by atoms with Crippen molar-refractivity contribution in [3.63, 3.8) is 0 Å². The molecule has 0 bridgehead atoms. The summed E-state index contributed by atoms with van der Waals surface area (Å²) in [6.07, 6.45) is 2.32. The van der Waals surface area contributed by atoms with Crippen LogP contribution in [0.25, 0.3) is 0 Å². The van der Waals surface area contributed by atoms with Crippen LogP contribution in [0.15, 0.2) is 30.3 Å². The average Bonchev–Trinajstić information content (AvgIpc) is 2.32. The Bertz CT molecular complexity index is 386. The van der Waals surface area contributed by atoms with Crippen LogP contribution in [0.1, 0.15) is 18.4 Å². The van der Waals surface area contributed by atoms with Gasteiger partial charge in [0, 0.05) is 13.0 Å². The normalized spacial score (nSPS) is 20.6. The number of carbonyl (C=O) groups excluding carboxylic acids is 2. The summed E-state index contributed by atoms with van der Waals surface area (Å²) in [5, 5.41) is 2.63. The Morgan fingerprint density at radius 3 is 2.62 bits per heavy atom. The lowest BCUT2D eigenvalue weighted by Crippen LogP contribution is -2.42. The molecule has 2 rings (SSSR count). The molecular weight excluding hydrogens is 202 g/mol. The summed E-state index contributed by atoms with van der Waals surface area (Å²) in [6.45, 7) is 0.636. The number of rotatable bonds is 3. The quantitative estimate of drug-likeness (QED) is 0.776. The van der Waals surface area contributed by atoms with Crippen molar-refractivity contribution in [2.75, 3.05) is 6.54 Å². The Morgan fingerprint density at radius 1 is 1.19 bits per heavy atom. The van der Waals surface area contributed by atoms with Crippen LogP contribution in [-0.4, -0.2) is 18.2 Å². The first-order valence-corrected chi connectivity index (χ1v) is 5.60. The van der Waals surface area contributed by atoms with Gasteiger partial charge in [0.05, 0.1) is 0 Å². The largest absolute Gasteiger partial charge is 0.349 e. The summed E-state index contributed by atoms with van der Waals surface area (Å²) in [7, 11) is 0. The molecule has 3 heteroatoms. The first-order valence-electron chi connectivity index (χ1n) is 5.60. The van der Waals surface area contributed by atoms with E-state index >= 15 is 0 Å². The lowest BCUT2D eigenvalue weighted by molar-refractivity contribution is -0.140. The zero-order valence-corrected chi connectivity index (χ0v) is 9.11. The second-order valence-electron chi connectivity index (χ2n) is 4.23. The van der Waals surface area contributed by atoms with Gasteiger partial charge < -0.3 is 5.32 Å². The van der Waals surface area contributed by atoms with Crippen LogP contribution >= 0.6 is 0 Å². The average molecular weight is 217 g/mol. The molecule has 1 fully saturated rings. The molecule has 1 saturated heterocycles. The van der Waals surface area contributed by atoms with Crippen LogP contribution < -0.4 is 5.32 Å². The summed E-state index contributed by atoms with van der Waals surface area (Å²) in [4.78, 5) is 22.2. The zero-order chi connectivity index (χ0) is 11.4. The number of Topliss-reactive ketones (excluding diaryl/α,β-unsaturated/α-hetero) is 1. The van der Waals surface area contributed by atoms with E-state index in [1.807, 2.05) is 18.2 Å². The molecule has 0 aromatic heterocycles. The van der Waals surface area contributed by atoms with Gasteiger partial charge in [0.1, 0.15) is 0 Å². The molecule has 1 unspecified atom stereocenters. The first-order chi connectivity index (χ1) is 7.75. The van der Waals surface area contributed by atoms with E-state index in [4.69, 9.17) is 0 Å². The topological polar surface area (TPSA) is 46.2 Å². The minimum Gasteiger partial charge on any atom is -0.349 e. The van der Waals surface area contributed by atoms with Crippen molar-refractivity contribution in [1.29, 1.82) is 0 Å². The highest BCUT2D eigenvalue weighted by Gasteiger charge is 2.25. The number of benzene rings is 1. The van der Waals surface area contributed by atoms with E-state index in [1.54, 1.807) is 0 Å². The number of carbonyl (C=O) groups is 2. The van der Waals surface area contributed by atoms with Crippen LogP contribution in [0.3, 0.4) is 0 Å². The maximum absolute atomic E-state index is 11.2. The van der Waals surface area contributed by atoms with Crippen LogP contribution in [0.5, 0.6) is 0 Å². The van der Waals surface area contributed by atoms with Crippen molar-refractivity contribution in [1.82, 2.24) is 5.32 Å².